The number of pyridine rings is 1. The molecule has 0 saturated carbocycles. The first-order valence-corrected chi connectivity index (χ1v) is 6.89. The Balaban J connectivity index is 3.04. The molecule has 9 nitrogen and oxygen atoms in total. The number of aromatic nitrogens is 1. The number of nitriles is 2. The van der Waals surface area contributed by atoms with Crippen LogP contribution in [0, 0.1) is 22.7 Å². The highest BCUT2D eigenvalue weighted by Gasteiger charge is 2.25. The van der Waals surface area contributed by atoms with Crippen molar-refractivity contribution in [1.82, 2.24) is 4.68 Å². The van der Waals surface area contributed by atoms with E-state index in [1.165, 1.54) is 33.5 Å². The summed E-state index contributed by atoms with van der Waals surface area (Å²) in [4.78, 5) is 12.3. The summed E-state index contributed by atoms with van der Waals surface area (Å²) in [6.45, 7) is 0. The Morgan fingerprint density at radius 3 is 1.96 bits per heavy atom. The molecule has 25 heavy (non-hydrogen) atoms. The van der Waals surface area contributed by atoms with Gasteiger partial charge in [-0.25, -0.2) is 4.68 Å². The van der Waals surface area contributed by atoms with Gasteiger partial charge in [0.25, 0.3) is 5.56 Å². The molecular weight excluding hydrogens is 326 g/mol. The number of nitrogens with two attached hydrogens (primary N) is 2. The number of anilines is 1. The lowest BCUT2D eigenvalue weighted by Crippen LogP contribution is -2.33. The number of hydrogen-bond donors (Lipinski definition) is 2. The zero-order chi connectivity index (χ0) is 18.7. The zero-order valence-corrected chi connectivity index (χ0v) is 13.8. The lowest BCUT2D eigenvalue weighted by atomic mass is 9.95. The van der Waals surface area contributed by atoms with Crippen LogP contribution < -0.4 is 31.3 Å². The highest BCUT2D eigenvalue weighted by atomic mass is 16.5. The van der Waals surface area contributed by atoms with Gasteiger partial charge in [0.15, 0.2) is 11.5 Å². The minimum absolute atomic E-state index is 0.0204. The van der Waals surface area contributed by atoms with Crippen LogP contribution in [-0.2, 0) is 0 Å². The molecule has 0 radical (unpaired) electrons. The van der Waals surface area contributed by atoms with Crippen LogP contribution in [0.25, 0.3) is 11.1 Å². The van der Waals surface area contributed by atoms with Gasteiger partial charge in [-0.05, 0) is 6.07 Å². The molecular formula is C16H15N5O4. The second-order valence-corrected chi connectivity index (χ2v) is 4.82. The average Bonchev–Trinajstić information content (AvgIpc) is 2.64. The van der Waals surface area contributed by atoms with E-state index < -0.39 is 5.56 Å². The van der Waals surface area contributed by atoms with Gasteiger partial charge in [0.05, 0.1) is 21.3 Å². The normalized spacial score (nSPS) is 9.80. The van der Waals surface area contributed by atoms with Crippen LogP contribution in [0.15, 0.2) is 16.9 Å². The molecule has 0 amide bonds. The van der Waals surface area contributed by atoms with Gasteiger partial charge in [-0.3, -0.25) is 4.79 Å². The van der Waals surface area contributed by atoms with Crippen molar-refractivity contribution in [2.75, 3.05) is 32.9 Å². The molecule has 0 saturated heterocycles. The van der Waals surface area contributed by atoms with Crippen LogP contribution in [0.2, 0.25) is 0 Å². The number of nitrogens with zero attached hydrogens (tertiary/aromatic N) is 3. The number of hydrogen-bond acceptors (Lipinski definition) is 8. The second kappa shape index (κ2) is 6.72. The van der Waals surface area contributed by atoms with Crippen molar-refractivity contribution in [2.24, 2.45) is 0 Å². The summed E-state index contributed by atoms with van der Waals surface area (Å²) in [5.41, 5.74) is 4.80. The molecule has 0 bridgehead atoms. The molecule has 0 atom stereocenters. The summed E-state index contributed by atoms with van der Waals surface area (Å²) in [6.07, 6.45) is 0. The fourth-order valence-electron chi connectivity index (χ4n) is 2.42. The van der Waals surface area contributed by atoms with E-state index in [-0.39, 0.29) is 33.8 Å². The molecule has 0 spiro atoms. The highest BCUT2D eigenvalue weighted by molar-refractivity contribution is 5.85. The van der Waals surface area contributed by atoms with Gasteiger partial charge in [0.1, 0.15) is 34.8 Å². The molecule has 9 heteroatoms. The van der Waals surface area contributed by atoms with Crippen molar-refractivity contribution in [2.45, 2.75) is 0 Å². The van der Waals surface area contributed by atoms with Crippen molar-refractivity contribution in [3.63, 3.8) is 0 Å². The third-order valence-electron chi connectivity index (χ3n) is 3.65. The van der Waals surface area contributed by atoms with Crippen LogP contribution in [0.3, 0.4) is 0 Å². The Bertz CT molecular complexity index is 982. The Kier molecular flexibility index (Phi) is 4.71. The average molecular weight is 341 g/mol. The molecule has 2 aromatic rings. The summed E-state index contributed by atoms with van der Waals surface area (Å²) in [5, 5.41) is 18.9. The largest absolute Gasteiger partial charge is 0.496 e. The summed E-state index contributed by atoms with van der Waals surface area (Å²) in [5.74, 6) is 6.25. The molecule has 4 N–H and O–H groups in total. The number of ether oxygens (including phenoxy) is 3. The first-order valence-electron chi connectivity index (χ1n) is 6.89. The summed E-state index contributed by atoms with van der Waals surface area (Å²) >= 11 is 0. The van der Waals surface area contributed by atoms with Crippen molar-refractivity contribution >= 4 is 5.82 Å². The molecule has 0 fully saturated rings. The Labute approximate surface area is 143 Å². The van der Waals surface area contributed by atoms with E-state index in [1.807, 2.05) is 6.07 Å². The number of rotatable bonds is 4. The van der Waals surface area contributed by atoms with Gasteiger partial charge in [0.2, 0.25) is 0 Å². The van der Waals surface area contributed by atoms with E-state index in [1.54, 1.807) is 6.07 Å². The molecule has 0 aliphatic carbocycles. The van der Waals surface area contributed by atoms with E-state index in [0.717, 1.165) is 0 Å². The van der Waals surface area contributed by atoms with Crippen molar-refractivity contribution < 1.29 is 14.2 Å². The number of benzene rings is 1. The third kappa shape index (κ3) is 2.64. The van der Waals surface area contributed by atoms with Crippen LogP contribution in [-0.4, -0.2) is 26.0 Å². The van der Waals surface area contributed by atoms with Gasteiger partial charge in [-0.15, -0.1) is 0 Å². The molecule has 1 heterocycles. The zero-order valence-electron chi connectivity index (χ0n) is 13.8. The smallest absolute Gasteiger partial charge is 0.289 e. The Morgan fingerprint density at radius 2 is 1.48 bits per heavy atom. The minimum atomic E-state index is -0.828. The van der Waals surface area contributed by atoms with Crippen LogP contribution in [0.5, 0.6) is 17.2 Å². The Hall–Kier alpha value is -3.85. The van der Waals surface area contributed by atoms with Gasteiger partial charge < -0.3 is 25.8 Å². The maximum atomic E-state index is 12.3. The van der Waals surface area contributed by atoms with Crippen molar-refractivity contribution in [3.05, 3.63) is 33.6 Å². The quantitative estimate of drug-likeness (QED) is 0.767. The summed E-state index contributed by atoms with van der Waals surface area (Å²) < 4.78 is 16.3. The number of methoxy groups -OCH3 is 3. The first-order chi connectivity index (χ1) is 11.9. The maximum absolute atomic E-state index is 12.3. The summed E-state index contributed by atoms with van der Waals surface area (Å²) in [7, 11) is 4.28. The first kappa shape index (κ1) is 17.5. The predicted octanol–water partition coefficient (Wildman–Crippen LogP) is 0.580. The van der Waals surface area contributed by atoms with E-state index >= 15 is 0 Å². The van der Waals surface area contributed by atoms with Crippen LogP contribution >= 0.6 is 0 Å². The van der Waals surface area contributed by atoms with Crippen LogP contribution in [0.1, 0.15) is 11.1 Å². The van der Waals surface area contributed by atoms with E-state index in [9.17, 15) is 15.3 Å². The van der Waals surface area contributed by atoms with Gasteiger partial charge in [0, 0.05) is 17.2 Å². The van der Waals surface area contributed by atoms with E-state index in [0.29, 0.717) is 16.2 Å². The van der Waals surface area contributed by atoms with Gasteiger partial charge >= 0.3 is 0 Å². The van der Waals surface area contributed by atoms with Crippen molar-refractivity contribution in [3.8, 4) is 40.5 Å². The lowest BCUT2D eigenvalue weighted by Gasteiger charge is -2.17. The van der Waals surface area contributed by atoms with Gasteiger partial charge in [-0.2, -0.15) is 10.5 Å². The number of nitrogen functional groups attached to an aromatic ring is 2. The standard InChI is InChI=1S/C16H15N5O4/c1-23-11-5-13(25-3)12(24-2)4-8(11)14-9(6-17)15(19)21(20)16(22)10(14)7-18/h4-5H,19-20H2,1-3H3. The van der Waals surface area contributed by atoms with E-state index in [2.05, 4.69) is 0 Å². The maximum Gasteiger partial charge on any atom is 0.289 e. The summed E-state index contributed by atoms with van der Waals surface area (Å²) in [6, 6.07) is 6.66. The topological polar surface area (TPSA) is 149 Å². The van der Waals surface area contributed by atoms with Crippen molar-refractivity contribution in [1.29, 1.82) is 10.5 Å². The molecule has 0 aliphatic heterocycles. The fourth-order valence-corrected chi connectivity index (χ4v) is 2.42. The SMILES string of the molecule is COc1cc(OC)c(-c2c(C#N)c(N)n(N)c(=O)c2C#N)cc1OC. The van der Waals surface area contributed by atoms with Crippen LogP contribution in [0.4, 0.5) is 5.82 Å². The van der Waals surface area contributed by atoms with Gasteiger partial charge in [-0.1, -0.05) is 0 Å². The highest BCUT2D eigenvalue weighted by Crippen LogP contribution is 2.42. The lowest BCUT2D eigenvalue weighted by molar-refractivity contribution is 0.349. The predicted molar refractivity (Wildman–Crippen MR) is 89.8 cm³/mol. The molecule has 128 valence electrons. The van der Waals surface area contributed by atoms with E-state index in [4.69, 9.17) is 25.8 Å². The second-order valence-electron chi connectivity index (χ2n) is 4.82. The minimum Gasteiger partial charge on any atom is -0.496 e. The third-order valence-corrected chi connectivity index (χ3v) is 3.65. The monoisotopic (exact) mass is 341 g/mol. The molecule has 1 aromatic heterocycles. The fraction of sp³-hybridized carbons (Fsp3) is 0.188. The molecule has 0 unspecified atom stereocenters. The molecule has 2 rings (SSSR count). The molecule has 0 aliphatic rings. The Morgan fingerprint density at radius 1 is 0.960 bits per heavy atom. The molecule has 1 aromatic carbocycles.